The Morgan fingerprint density at radius 3 is 2.33 bits per heavy atom. The van der Waals surface area contributed by atoms with E-state index in [1.165, 1.54) is 12.4 Å². The topological polar surface area (TPSA) is 51.8 Å². The van der Waals surface area contributed by atoms with Crippen LogP contribution in [0.5, 0.6) is 0 Å². The number of thiazole rings is 1. The van der Waals surface area contributed by atoms with Crippen LogP contribution >= 0.6 is 11.3 Å². The number of hydrogen-bond donors (Lipinski definition) is 0. The fraction of sp³-hybridized carbons (Fsp3) is 0.275. The maximum atomic E-state index is 8.84. The molecule has 0 amide bonds. The Kier molecular flexibility index (Phi) is 7.02. The van der Waals surface area contributed by atoms with Gasteiger partial charge in [0.2, 0.25) is 0 Å². The third-order valence-corrected chi connectivity index (χ3v) is 8.46. The van der Waals surface area contributed by atoms with E-state index in [0.29, 0.717) is 22.4 Å². The molecule has 7 aromatic rings. The van der Waals surface area contributed by atoms with Crippen molar-refractivity contribution in [2.24, 2.45) is 5.41 Å². The maximum Gasteiger partial charge on any atom is 0.148 e. The molecule has 0 N–H and O–H groups in total. The number of hydrogen-bond acceptors (Lipinski definition) is 5. The Morgan fingerprint density at radius 2 is 1.65 bits per heavy atom. The second-order valence-electron chi connectivity index (χ2n) is 13.0. The second-order valence-corrected chi connectivity index (χ2v) is 14.0. The van der Waals surface area contributed by atoms with Gasteiger partial charge >= 0.3 is 0 Å². The molecule has 0 saturated heterocycles. The maximum absolute atomic E-state index is 8.84. The molecule has 7 rings (SSSR count). The van der Waals surface area contributed by atoms with Crippen molar-refractivity contribution in [3.05, 3.63) is 113 Å². The van der Waals surface area contributed by atoms with Crippen LogP contribution in [0.15, 0.2) is 83.5 Å². The van der Waals surface area contributed by atoms with E-state index in [1.807, 2.05) is 30.3 Å². The van der Waals surface area contributed by atoms with Crippen LogP contribution in [0, 0.1) is 31.3 Å². The summed E-state index contributed by atoms with van der Waals surface area (Å²) >= 11 is 1.65. The summed E-state index contributed by atoms with van der Waals surface area (Å²) in [4.78, 5) is 13.5. The van der Waals surface area contributed by atoms with E-state index < -0.39 is 25.5 Å². The van der Waals surface area contributed by atoms with Gasteiger partial charge in [-0.25, -0.2) is 4.98 Å². The molecule has 0 aliphatic rings. The molecule has 4 nitrogen and oxygen atoms in total. The first kappa shape index (κ1) is 24.5. The number of furan rings is 1. The first-order valence-electron chi connectivity index (χ1n) is 18.7. The van der Waals surface area contributed by atoms with Crippen LogP contribution in [0.3, 0.4) is 0 Å². The largest absolute Gasteiger partial charge is 0.498 e. The molecule has 6 heteroatoms. The van der Waals surface area contributed by atoms with Gasteiger partial charge in [0.25, 0.3) is 0 Å². The summed E-state index contributed by atoms with van der Waals surface area (Å²) in [5.74, 6) is 0. The van der Waals surface area contributed by atoms with Crippen molar-refractivity contribution in [1.29, 1.82) is 0 Å². The number of pyridine rings is 2. The molecule has 3 aromatic carbocycles. The molecule has 46 heavy (non-hydrogen) atoms. The fourth-order valence-electron chi connectivity index (χ4n) is 4.91. The van der Waals surface area contributed by atoms with Gasteiger partial charge in [-0.05, 0) is 54.1 Å². The van der Waals surface area contributed by atoms with E-state index in [1.54, 1.807) is 62.4 Å². The molecule has 4 aromatic heterocycles. The van der Waals surface area contributed by atoms with Crippen molar-refractivity contribution in [3.63, 3.8) is 0 Å². The van der Waals surface area contributed by atoms with E-state index >= 15 is 0 Å². The van der Waals surface area contributed by atoms with Crippen LogP contribution in [0.4, 0.5) is 0 Å². The molecule has 4 heterocycles. The Bertz CT molecular complexity index is 2420. The minimum atomic E-state index is -2.50. The predicted molar refractivity (Wildman–Crippen MR) is 189 cm³/mol. The smallest absolute Gasteiger partial charge is 0.148 e. The molecule has 0 bridgehead atoms. The molecule has 0 fully saturated rings. The number of benzene rings is 3. The number of aromatic nitrogens is 3. The monoisotopic (exact) mass is 810 g/mol. The van der Waals surface area contributed by atoms with E-state index in [0.717, 1.165) is 37.3 Å². The quantitative estimate of drug-likeness (QED) is 0.167. The summed E-state index contributed by atoms with van der Waals surface area (Å²) in [6, 6.07) is 26.3. The number of fused-ring (bicyclic) bond motifs is 5. The molecule has 0 spiro atoms. The van der Waals surface area contributed by atoms with Crippen molar-refractivity contribution in [2.45, 2.75) is 67.0 Å². The predicted octanol–water partition coefficient (Wildman–Crippen LogP) is 11.1. The molecule has 0 aliphatic heterocycles. The molecule has 0 atom stereocenters. The average Bonchev–Trinajstić information content (AvgIpc) is 3.70. The van der Waals surface area contributed by atoms with E-state index in [2.05, 4.69) is 48.9 Å². The minimum Gasteiger partial charge on any atom is -0.498 e. The summed E-state index contributed by atoms with van der Waals surface area (Å²) in [5.41, 5.74) is 3.94. The standard InChI is InChI=1S/C28H29N2OS.C12H10N.Ir/c1-16-15-29-21(13-17(16)14-27(2,3)4)20-10-8-9-18-19-11-12-22-23(25(19)31-24(18)20)30-26(32-22)28(5,6)7;1-10-7-8-12(13-9-10)11-5-3-2-4-6-11;/h8-9,11-13,15H,14H2,1-7H3;2-5,7-9H,1H3;/q2*-1;/i1D3,14D2;1D3;. The second kappa shape index (κ2) is 13.2. The van der Waals surface area contributed by atoms with Crippen LogP contribution in [0.2, 0.25) is 0 Å². The molecular weight excluding hydrogens is 763 g/mol. The molecule has 0 saturated carbocycles. The molecule has 0 unspecified atom stereocenters. The van der Waals surface area contributed by atoms with Crippen molar-refractivity contribution in [1.82, 2.24) is 15.0 Å². The first-order chi connectivity index (χ1) is 24.6. The fourth-order valence-corrected chi connectivity index (χ4v) is 5.93. The zero-order valence-corrected chi connectivity index (χ0v) is 29.7. The van der Waals surface area contributed by atoms with Gasteiger partial charge in [-0.3, -0.25) is 0 Å². The summed E-state index contributed by atoms with van der Waals surface area (Å²) in [5, 5.41) is 2.82. The molecule has 237 valence electrons. The van der Waals surface area contributed by atoms with Crippen LogP contribution in [0.1, 0.15) is 74.2 Å². The van der Waals surface area contributed by atoms with E-state index in [-0.39, 0.29) is 42.2 Å². The number of aryl methyl sites for hydroxylation is 2. The van der Waals surface area contributed by atoms with Gasteiger partial charge < -0.3 is 14.4 Å². The van der Waals surface area contributed by atoms with Gasteiger partial charge in [0, 0.05) is 54.3 Å². The van der Waals surface area contributed by atoms with Crippen LogP contribution in [-0.2, 0) is 31.9 Å². The molecule has 1 radical (unpaired) electrons. The Balaban J connectivity index is 0.000000276. The Hall–Kier alpha value is -3.70. The summed E-state index contributed by atoms with van der Waals surface area (Å²) in [7, 11) is 0. The normalized spacial score (nSPS) is 15.3. The summed E-state index contributed by atoms with van der Waals surface area (Å²) < 4.78 is 70.8. The van der Waals surface area contributed by atoms with E-state index in [9.17, 15) is 0 Å². The van der Waals surface area contributed by atoms with Crippen molar-refractivity contribution >= 4 is 43.5 Å². The van der Waals surface area contributed by atoms with Gasteiger partial charge in [-0.15, -0.1) is 65.4 Å². The van der Waals surface area contributed by atoms with Crippen LogP contribution < -0.4 is 0 Å². The van der Waals surface area contributed by atoms with Gasteiger partial charge in [-0.2, -0.15) is 0 Å². The van der Waals surface area contributed by atoms with Crippen LogP contribution in [-0.4, -0.2) is 15.0 Å². The van der Waals surface area contributed by atoms with Crippen LogP contribution in [0.25, 0.3) is 54.7 Å². The average molecular weight is 810 g/mol. The van der Waals surface area contributed by atoms with Crippen molar-refractivity contribution < 1.29 is 35.5 Å². The SMILES string of the molecule is [2H]C([2H])([2H])c1ccc(-c2[c-]cccc2)nc1.[2H]C([2H])([2H])c1cnc(-c2[c-]ccc3c2oc2c3ccc3sc(C(C)(C)C)nc32)cc1C([2H])([2H])C(C)(C)C.[Ir]. The van der Waals surface area contributed by atoms with Crippen molar-refractivity contribution in [3.8, 4) is 22.5 Å². The van der Waals surface area contributed by atoms with Gasteiger partial charge in [0.15, 0.2) is 0 Å². The zero-order chi connectivity index (χ0) is 38.7. The van der Waals surface area contributed by atoms with Gasteiger partial charge in [0.1, 0.15) is 11.1 Å². The van der Waals surface area contributed by atoms with Crippen molar-refractivity contribution in [2.75, 3.05) is 0 Å². The molecular formula is C40H39IrN3OS-2. The van der Waals surface area contributed by atoms with Gasteiger partial charge in [-0.1, -0.05) is 82.3 Å². The first-order valence-corrected chi connectivity index (χ1v) is 15.5. The van der Waals surface area contributed by atoms with Gasteiger partial charge in [0.05, 0.1) is 15.3 Å². The Morgan fingerprint density at radius 1 is 0.848 bits per heavy atom. The van der Waals surface area contributed by atoms with E-state index in [4.69, 9.17) is 20.4 Å². The third kappa shape index (κ3) is 7.15. The zero-order valence-electron chi connectivity index (χ0n) is 34.5. The summed E-state index contributed by atoms with van der Waals surface area (Å²) in [6.07, 6.45) is 0.736. The Labute approximate surface area is 300 Å². The molecule has 0 aliphatic carbocycles. The third-order valence-electron chi connectivity index (χ3n) is 7.02. The summed E-state index contributed by atoms with van der Waals surface area (Å²) in [6.45, 7) is 7.08. The minimum absolute atomic E-state index is 0. The number of nitrogens with zero attached hydrogens (tertiary/aromatic N) is 3. The number of rotatable bonds is 3.